The molecule has 6 rings (SSSR count). The average Bonchev–Trinajstić information content (AvgIpc) is 3.58. The summed E-state index contributed by atoms with van der Waals surface area (Å²) in [5.41, 5.74) is 2.00. The zero-order valence-corrected chi connectivity index (χ0v) is 20.8. The summed E-state index contributed by atoms with van der Waals surface area (Å²) in [7, 11) is 0. The summed E-state index contributed by atoms with van der Waals surface area (Å²) < 4.78 is 2.04. The van der Waals surface area contributed by atoms with Gasteiger partial charge in [0.05, 0.1) is 0 Å². The SMILES string of the molecule is Clc1cccc(-c2nc3sc(N4CCN(C5CCCCC5)CC4)nn3c2NC2CCCC2)c1. The summed E-state index contributed by atoms with van der Waals surface area (Å²) in [6.45, 7) is 4.40. The number of halogens is 1. The summed E-state index contributed by atoms with van der Waals surface area (Å²) in [5, 5.41) is 10.7. The van der Waals surface area contributed by atoms with E-state index in [1.165, 1.54) is 57.8 Å². The molecule has 3 fully saturated rings. The number of rotatable bonds is 5. The lowest BCUT2D eigenvalue weighted by atomic mass is 9.94. The normalized spacial score (nSPS) is 21.3. The van der Waals surface area contributed by atoms with Crippen LogP contribution < -0.4 is 10.2 Å². The van der Waals surface area contributed by atoms with Crippen molar-refractivity contribution in [1.82, 2.24) is 19.5 Å². The Labute approximate surface area is 204 Å². The fourth-order valence-corrected chi connectivity index (χ4v) is 6.96. The largest absolute Gasteiger partial charge is 0.365 e. The van der Waals surface area contributed by atoms with Crippen LogP contribution in [-0.4, -0.2) is 57.8 Å². The Balaban J connectivity index is 1.25. The Morgan fingerprint density at radius 3 is 2.45 bits per heavy atom. The van der Waals surface area contributed by atoms with Crippen molar-refractivity contribution in [3.8, 4) is 11.3 Å². The van der Waals surface area contributed by atoms with Crippen molar-refractivity contribution in [3.63, 3.8) is 0 Å². The van der Waals surface area contributed by atoms with Gasteiger partial charge in [-0.05, 0) is 37.8 Å². The lowest BCUT2D eigenvalue weighted by molar-refractivity contribution is 0.148. The van der Waals surface area contributed by atoms with Crippen LogP contribution >= 0.6 is 22.9 Å². The summed E-state index contributed by atoms with van der Waals surface area (Å²) in [4.78, 5) is 11.2. The molecular weight excluding hydrogens is 452 g/mol. The molecule has 176 valence electrons. The molecular formula is C25H33ClN6S. The standard InChI is InChI=1S/C25H33ClN6S/c26-19-8-6-7-18(17-19)22-23(27-20-9-4-5-10-20)32-24(28-22)33-25(29-32)31-15-13-30(14-16-31)21-11-2-1-3-12-21/h6-8,17,20-21,27H,1-5,9-16H2. The first kappa shape index (κ1) is 21.7. The highest BCUT2D eigenvalue weighted by molar-refractivity contribution is 7.20. The topological polar surface area (TPSA) is 48.7 Å². The van der Waals surface area contributed by atoms with Crippen molar-refractivity contribution < 1.29 is 0 Å². The number of fused-ring (bicyclic) bond motifs is 1. The van der Waals surface area contributed by atoms with Crippen molar-refractivity contribution in [1.29, 1.82) is 0 Å². The van der Waals surface area contributed by atoms with E-state index in [1.807, 2.05) is 22.7 Å². The van der Waals surface area contributed by atoms with Crippen molar-refractivity contribution in [2.45, 2.75) is 69.9 Å². The maximum Gasteiger partial charge on any atom is 0.216 e. The Morgan fingerprint density at radius 2 is 1.70 bits per heavy atom. The molecule has 0 bridgehead atoms. The van der Waals surface area contributed by atoms with Gasteiger partial charge in [0.1, 0.15) is 5.69 Å². The number of nitrogens with zero attached hydrogens (tertiary/aromatic N) is 5. The lowest BCUT2D eigenvalue weighted by Gasteiger charge is -2.40. The van der Waals surface area contributed by atoms with Gasteiger partial charge >= 0.3 is 0 Å². The van der Waals surface area contributed by atoms with E-state index in [9.17, 15) is 0 Å². The highest BCUT2D eigenvalue weighted by Gasteiger charge is 2.28. The van der Waals surface area contributed by atoms with E-state index in [2.05, 4.69) is 21.2 Å². The second-order valence-corrected chi connectivity index (χ2v) is 11.2. The number of piperazine rings is 1. The monoisotopic (exact) mass is 484 g/mol. The zero-order chi connectivity index (χ0) is 22.2. The minimum Gasteiger partial charge on any atom is -0.365 e. The van der Waals surface area contributed by atoms with Gasteiger partial charge in [0, 0.05) is 48.8 Å². The maximum atomic E-state index is 6.31. The first-order chi connectivity index (χ1) is 16.2. The molecule has 1 N–H and O–H groups in total. The van der Waals surface area contributed by atoms with Gasteiger partial charge in [-0.3, -0.25) is 4.90 Å². The minimum absolute atomic E-state index is 0.493. The fraction of sp³-hybridized carbons (Fsp3) is 0.600. The van der Waals surface area contributed by atoms with Crippen molar-refractivity contribution in [2.75, 3.05) is 36.4 Å². The Bertz CT molecular complexity index is 1090. The molecule has 1 aromatic carbocycles. The van der Waals surface area contributed by atoms with Crippen LogP contribution in [0.25, 0.3) is 16.2 Å². The van der Waals surface area contributed by atoms with Crippen LogP contribution in [0.15, 0.2) is 24.3 Å². The number of hydrogen-bond acceptors (Lipinski definition) is 6. The fourth-order valence-electron chi connectivity index (χ4n) is 5.82. The Kier molecular flexibility index (Phi) is 6.20. The van der Waals surface area contributed by atoms with E-state index in [0.29, 0.717) is 6.04 Å². The number of anilines is 2. The first-order valence-electron chi connectivity index (χ1n) is 12.7. The van der Waals surface area contributed by atoms with E-state index in [4.69, 9.17) is 21.7 Å². The number of nitrogens with one attached hydrogen (secondary N) is 1. The van der Waals surface area contributed by atoms with Gasteiger partial charge in [-0.25, -0.2) is 4.98 Å². The molecule has 2 aromatic heterocycles. The third-order valence-electron chi connectivity index (χ3n) is 7.66. The number of benzene rings is 1. The summed E-state index contributed by atoms with van der Waals surface area (Å²) in [6.07, 6.45) is 12.0. The van der Waals surface area contributed by atoms with Gasteiger partial charge in [0.15, 0.2) is 5.82 Å². The molecule has 3 aliphatic rings. The van der Waals surface area contributed by atoms with E-state index in [0.717, 1.165) is 64.4 Å². The number of hydrogen-bond donors (Lipinski definition) is 1. The van der Waals surface area contributed by atoms with E-state index in [-0.39, 0.29) is 0 Å². The van der Waals surface area contributed by atoms with Gasteiger partial charge in [0.2, 0.25) is 10.1 Å². The number of imidazole rings is 1. The van der Waals surface area contributed by atoms with Gasteiger partial charge < -0.3 is 10.2 Å². The second-order valence-electron chi connectivity index (χ2n) is 9.84. The molecule has 1 saturated heterocycles. The van der Waals surface area contributed by atoms with Crippen LogP contribution in [0.4, 0.5) is 10.9 Å². The predicted molar refractivity (Wildman–Crippen MR) is 138 cm³/mol. The van der Waals surface area contributed by atoms with Gasteiger partial charge in [-0.1, -0.05) is 67.2 Å². The molecule has 0 radical (unpaired) electrons. The van der Waals surface area contributed by atoms with Crippen LogP contribution in [-0.2, 0) is 0 Å². The van der Waals surface area contributed by atoms with E-state index in [1.54, 1.807) is 11.3 Å². The van der Waals surface area contributed by atoms with Crippen LogP contribution in [0.2, 0.25) is 5.02 Å². The zero-order valence-electron chi connectivity index (χ0n) is 19.2. The van der Waals surface area contributed by atoms with Gasteiger partial charge in [-0.2, -0.15) is 4.52 Å². The summed E-state index contributed by atoms with van der Waals surface area (Å²) in [5.74, 6) is 1.02. The molecule has 3 aromatic rings. The number of aromatic nitrogens is 3. The van der Waals surface area contributed by atoms with Crippen molar-refractivity contribution in [3.05, 3.63) is 29.3 Å². The predicted octanol–water partition coefficient (Wildman–Crippen LogP) is 5.92. The van der Waals surface area contributed by atoms with Crippen LogP contribution in [0.5, 0.6) is 0 Å². The molecule has 0 spiro atoms. The molecule has 1 aliphatic heterocycles. The minimum atomic E-state index is 0.493. The average molecular weight is 485 g/mol. The molecule has 2 saturated carbocycles. The third-order valence-corrected chi connectivity index (χ3v) is 8.87. The van der Waals surface area contributed by atoms with E-state index < -0.39 is 0 Å². The summed E-state index contributed by atoms with van der Waals surface area (Å²) in [6, 6.07) is 9.29. The van der Waals surface area contributed by atoms with Crippen LogP contribution in [0.3, 0.4) is 0 Å². The summed E-state index contributed by atoms with van der Waals surface area (Å²) >= 11 is 8.01. The molecule has 3 heterocycles. The molecule has 0 atom stereocenters. The van der Waals surface area contributed by atoms with Crippen molar-refractivity contribution in [2.24, 2.45) is 0 Å². The molecule has 0 amide bonds. The van der Waals surface area contributed by atoms with E-state index >= 15 is 0 Å². The van der Waals surface area contributed by atoms with Crippen LogP contribution in [0.1, 0.15) is 57.8 Å². The first-order valence-corrected chi connectivity index (χ1v) is 13.8. The molecule has 8 heteroatoms. The van der Waals surface area contributed by atoms with Gasteiger partial charge in [-0.15, -0.1) is 5.10 Å². The van der Waals surface area contributed by atoms with Gasteiger partial charge in [0.25, 0.3) is 0 Å². The smallest absolute Gasteiger partial charge is 0.216 e. The highest BCUT2D eigenvalue weighted by Crippen LogP contribution is 2.36. The molecule has 2 aliphatic carbocycles. The highest BCUT2D eigenvalue weighted by atomic mass is 35.5. The molecule has 33 heavy (non-hydrogen) atoms. The third kappa shape index (κ3) is 4.47. The quantitative estimate of drug-likeness (QED) is 0.487. The Morgan fingerprint density at radius 1 is 0.939 bits per heavy atom. The van der Waals surface area contributed by atoms with Crippen LogP contribution in [0, 0.1) is 0 Å². The molecule has 0 unspecified atom stereocenters. The lowest BCUT2D eigenvalue weighted by Crippen LogP contribution is -2.50. The molecule has 6 nitrogen and oxygen atoms in total. The maximum absolute atomic E-state index is 6.31. The Hall–Kier alpha value is -1.83. The second kappa shape index (κ2) is 9.43. The van der Waals surface area contributed by atoms with Crippen molar-refractivity contribution >= 4 is 38.8 Å².